The van der Waals surface area contributed by atoms with Crippen LogP contribution in [0.1, 0.15) is 16.8 Å². The summed E-state index contributed by atoms with van der Waals surface area (Å²) in [6.07, 6.45) is 2.79. The number of ether oxygens (including phenoxy) is 4. The molecule has 0 aromatic heterocycles. The highest BCUT2D eigenvalue weighted by molar-refractivity contribution is 8.14. The van der Waals surface area contributed by atoms with Gasteiger partial charge in [0.1, 0.15) is 24.7 Å². The molecule has 204 valence electrons. The summed E-state index contributed by atoms with van der Waals surface area (Å²) >= 11 is 1.17. The first-order valence-electron chi connectivity index (χ1n) is 12.6. The van der Waals surface area contributed by atoms with E-state index in [1.165, 1.54) is 11.8 Å². The third-order valence-corrected chi connectivity index (χ3v) is 6.72. The molecule has 0 fully saturated rings. The Morgan fingerprint density at radius 3 is 1.95 bits per heavy atom. The molecule has 0 aliphatic carbocycles. The molecule has 0 N–H and O–H groups in total. The van der Waals surface area contributed by atoms with Gasteiger partial charge in [-0.15, -0.1) is 0 Å². The molecule has 0 unspecified atom stereocenters. The van der Waals surface area contributed by atoms with E-state index < -0.39 is 11.9 Å². The minimum Gasteiger partial charge on any atom is -0.493 e. The van der Waals surface area contributed by atoms with Gasteiger partial charge in [-0.3, -0.25) is 4.79 Å². The third kappa shape index (κ3) is 7.74. The Balaban J connectivity index is 1.34. The van der Waals surface area contributed by atoms with Crippen LogP contribution in [-0.4, -0.2) is 43.5 Å². The highest BCUT2D eigenvalue weighted by atomic mass is 32.2. The van der Waals surface area contributed by atoms with Crippen LogP contribution >= 0.6 is 11.8 Å². The summed E-state index contributed by atoms with van der Waals surface area (Å²) in [5.41, 5.74) is 0.572. The van der Waals surface area contributed by atoms with Gasteiger partial charge in [0.15, 0.2) is 0 Å². The van der Waals surface area contributed by atoms with Crippen LogP contribution in [0.4, 0.5) is 0 Å². The Hall–Kier alpha value is -4.56. The van der Waals surface area contributed by atoms with E-state index in [0.29, 0.717) is 30.1 Å². The van der Waals surface area contributed by atoms with Gasteiger partial charge in [0.05, 0.1) is 13.2 Å². The van der Waals surface area contributed by atoms with Crippen LogP contribution in [0.25, 0.3) is 21.5 Å². The first-order valence-corrected chi connectivity index (χ1v) is 13.4. The molecule has 0 aliphatic heterocycles. The maximum atomic E-state index is 12.9. The second-order valence-electron chi connectivity index (χ2n) is 8.54. The molecule has 4 rings (SSSR count). The Labute approximate surface area is 236 Å². The topological polar surface area (TPSA) is 88.1 Å². The zero-order valence-electron chi connectivity index (χ0n) is 21.8. The van der Waals surface area contributed by atoms with Gasteiger partial charge in [0.2, 0.25) is 5.12 Å². The molecule has 0 heterocycles. The molecule has 0 amide bonds. The number of hydrogen-bond acceptors (Lipinski definition) is 8. The van der Waals surface area contributed by atoms with Crippen LogP contribution in [0.15, 0.2) is 103 Å². The van der Waals surface area contributed by atoms with Gasteiger partial charge in [-0.25, -0.2) is 9.59 Å². The number of benzene rings is 4. The van der Waals surface area contributed by atoms with Crippen molar-refractivity contribution in [2.45, 2.75) is 11.3 Å². The van der Waals surface area contributed by atoms with Gasteiger partial charge >= 0.3 is 11.9 Å². The molecule has 0 atom stereocenters. The van der Waals surface area contributed by atoms with Crippen molar-refractivity contribution in [1.82, 2.24) is 0 Å². The van der Waals surface area contributed by atoms with Crippen LogP contribution in [0.3, 0.4) is 0 Å². The fourth-order valence-electron chi connectivity index (χ4n) is 3.88. The maximum absolute atomic E-state index is 12.9. The average Bonchev–Trinajstić information content (AvgIpc) is 2.98. The SMILES string of the molecule is C=CC(=O)OCCCOc1ccc(C(=O)Sc2ccc3c(ccc4cc(OCCOC(=O)C=C)ccc43)c2)cc1. The minimum atomic E-state index is -0.478. The van der Waals surface area contributed by atoms with Crippen LogP contribution in [-0.2, 0) is 19.1 Å². The maximum Gasteiger partial charge on any atom is 0.330 e. The second-order valence-corrected chi connectivity index (χ2v) is 9.59. The van der Waals surface area contributed by atoms with E-state index in [0.717, 1.165) is 38.6 Å². The summed E-state index contributed by atoms with van der Waals surface area (Å²) < 4.78 is 21.2. The summed E-state index contributed by atoms with van der Waals surface area (Å²) in [5, 5.41) is 4.12. The lowest BCUT2D eigenvalue weighted by atomic mass is 10.0. The normalized spacial score (nSPS) is 10.6. The molecule has 4 aromatic rings. The Morgan fingerprint density at radius 1 is 0.650 bits per heavy atom. The van der Waals surface area contributed by atoms with E-state index in [2.05, 4.69) is 13.2 Å². The molecule has 4 aromatic carbocycles. The fourth-order valence-corrected chi connectivity index (χ4v) is 4.67. The first-order chi connectivity index (χ1) is 19.5. The van der Waals surface area contributed by atoms with Crippen molar-refractivity contribution in [3.05, 3.63) is 104 Å². The van der Waals surface area contributed by atoms with Crippen molar-refractivity contribution in [3.8, 4) is 11.5 Å². The number of esters is 2. The number of carbonyl (C=O) groups is 3. The minimum absolute atomic E-state index is 0.0661. The molecule has 0 radical (unpaired) electrons. The van der Waals surface area contributed by atoms with Crippen LogP contribution in [0.2, 0.25) is 0 Å². The molecule has 0 bridgehead atoms. The molecule has 0 saturated heterocycles. The molecule has 0 spiro atoms. The van der Waals surface area contributed by atoms with Crippen LogP contribution < -0.4 is 9.47 Å². The second kappa shape index (κ2) is 14.0. The number of thioether (sulfide) groups is 1. The van der Waals surface area contributed by atoms with Crippen molar-refractivity contribution in [1.29, 1.82) is 0 Å². The molecule has 0 aliphatic rings. The fraction of sp³-hybridized carbons (Fsp3) is 0.156. The van der Waals surface area contributed by atoms with Gasteiger partial charge in [-0.05, 0) is 81.8 Å². The Morgan fingerprint density at radius 2 is 1.25 bits per heavy atom. The molecular formula is C32H28O7S. The standard InChI is InChI=1S/C32H28O7S/c1-3-30(33)38-17-5-16-36-25-10-8-22(9-11-25)32(35)40-27-13-15-29-24(21-27)7-6-23-20-26(12-14-28(23)29)37-18-19-39-31(34)4-2/h3-4,6-15,20-21H,1-2,5,16-19H2. The quantitative estimate of drug-likeness (QED) is 0.0604. The Bertz CT molecular complexity index is 1540. The summed E-state index contributed by atoms with van der Waals surface area (Å²) in [4.78, 5) is 35.9. The summed E-state index contributed by atoms with van der Waals surface area (Å²) in [7, 11) is 0. The van der Waals surface area contributed by atoms with E-state index in [9.17, 15) is 14.4 Å². The van der Waals surface area contributed by atoms with Gasteiger partial charge in [-0.2, -0.15) is 0 Å². The average molecular weight is 557 g/mol. The van der Waals surface area contributed by atoms with Crippen molar-refractivity contribution < 1.29 is 33.3 Å². The lowest BCUT2D eigenvalue weighted by Gasteiger charge is -2.10. The van der Waals surface area contributed by atoms with Crippen molar-refractivity contribution in [2.24, 2.45) is 0 Å². The van der Waals surface area contributed by atoms with E-state index in [1.54, 1.807) is 24.3 Å². The predicted molar refractivity (Wildman–Crippen MR) is 156 cm³/mol. The lowest BCUT2D eigenvalue weighted by molar-refractivity contribution is -0.139. The first kappa shape index (κ1) is 28.4. The summed E-state index contributed by atoms with van der Waals surface area (Å²) in [6, 6.07) is 22.8. The van der Waals surface area contributed by atoms with Crippen LogP contribution in [0.5, 0.6) is 11.5 Å². The molecular weight excluding hydrogens is 528 g/mol. The van der Waals surface area contributed by atoms with Gasteiger partial charge in [0, 0.05) is 29.0 Å². The van der Waals surface area contributed by atoms with E-state index in [4.69, 9.17) is 18.9 Å². The van der Waals surface area contributed by atoms with Crippen molar-refractivity contribution in [2.75, 3.05) is 26.4 Å². The monoisotopic (exact) mass is 556 g/mol. The largest absolute Gasteiger partial charge is 0.493 e. The molecule has 0 saturated carbocycles. The predicted octanol–water partition coefficient (Wildman–Crippen LogP) is 6.53. The van der Waals surface area contributed by atoms with Gasteiger partial charge < -0.3 is 18.9 Å². The number of rotatable bonds is 13. The smallest absolute Gasteiger partial charge is 0.330 e. The van der Waals surface area contributed by atoms with Gasteiger partial charge in [0.25, 0.3) is 0 Å². The van der Waals surface area contributed by atoms with Crippen molar-refractivity contribution >= 4 is 50.4 Å². The zero-order chi connectivity index (χ0) is 28.3. The summed E-state index contributed by atoms with van der Waals surface area (Å²) in [5.74, 6) is 0.389. The molecule has 7 nitrogen and oxygen atoms in total. The number of hydrogen-bond donors (Lipinski definition) is 0. The van der Waals surface area contributed by atoms with E-state index in [1.807, 2.05) is 48.5 Å². The zero-order valence-corrected chi connectivity index (χ0v) is 22.6. The molecule has 8 heteroatoms. The lowest BCUT2D eigenvalue weighted by Crippen LogP contribution is -2.10. The van der Waals surface area contributed by atoms with Gasteiger partial charge in [-0.1, -0.05) is 37.4 Å². The number of carbonyl (C=O) groups excluding carboxylic acids is 3. The number of fused-ring (bicyclic) bond motifs is 3. The summed E-state index contributed by atoms with van der Waals surface area (Å²) in [6.45, 7) is 7.75. The highest BCUT2D eigenvalue weighted by Crippen LogP contribution is 2.32. The van der Waals surface area contributed by atoms with Crippen LogP contribution in [0, 0.1) is 0 Å². The van der Waals surface area contributed by atoms with E-state index in [-0.39, 0.29) is 24.9 Å². The van der Waals surface area contributed by atoms with Crippen molar-refractivity contribution in [3.63, 3.8) is 0 Å². The van der Waals surface area contributed by atoms with E-state index >= 15 is 0 Å². The Kier molecular flexibility index (Phi) is 9.96. The third-order valence-electron chi connectivity index (χ3n) is 5.81. The highest BCUT2D eigenvalue weighted by Gasteiger charge is 2.11. The molecule has 40 heavy (non-hydrogen) atoms.